The molecular formula is C16H27NO. The number of aliphatic hydroxyl groups excluding tert-OH is 1. The van der Waals surface area contributed by atoms with Gasteiger partial charge in [0, 0.05) is 12.0 Å². The van der Waals surface area contributed by atoms with Crippen molar-refractivity contribution in [2.45, 2.75) is 51.7 Å². The molecule has 0 aliphatic carbocycles. The summed E-state index contributed by atoms with van der Waals surface area (Å²) in [5.74, 6) is 0. The van der Waals surface area contributed by atoms with Crippen LogP contribution in [-0.2, 0) is 6.42 Å². The van der Waals surface area contributed by atoms with Crippen molar-refractivity contribution in [1.29, 1.82) is 0 Å². The summed E-state index contributed by atoms with van der Waals surface area (Å²) >= 11 is 0. The highest BCUT2D eigenvalue weighted by molar-refractivity contribution is 5.26. The normalized spacial score (nSPS) is 13.9. The van der Waals surface area contributed by atoms with Crippen LogP contribution in [0.5, 0.6) is 0 Å². The van der Waals surface area contributed by atoms with E-state index in [2.05, 4.69) is 51.9 Å². The molecule has 0 aliphatic heterocycles. The van der Waals surface area contributed by atoms with Gasteiger partial charge < -0.3 is 10.0 Å². The van der Waals surface area contributed by atoms with Gasteiger partial charge in [-0.3, -0.25) is 0 Å². The minimum absolute atomic E-state index is 0.123. The maximum atomic E-state index is 10.7. The Morgan fingerprint density at radius 3 is 2.17 bits per heavy atom. The van der Waals surface area contributed by atoms with Crippen LogP contribution in [0.25, 0.3) is 0 Å². The van der Waals surface area contributed by atoms with Gasteiger partial charge in [-0.05, 0) is 45.0 Å². The quantitative estimate of drug-likeness (QED) is 0.837. The first kappa shape index (κ1) is 15.2. The smallest absolute Gasteiger partial charge is 0.0763 e. The predicted octanol–water partition coefficient (Wildman–Crippen LogP) is 3.02. The van der Waals surface area contributed by atoms with Gasteiger partial charge in [-0.1, -0.05) is 38.1 Å². The van der Waals surface area contributed by atoms with Gasteiger partial charge >= 0.3 is 0 Å². The van der Waals surface area contributed by atoms with Crippen molar-refractivity contribution in [2.75, 3.05) is 14.1 Å². The van der Waals surface area contributed by atoms with E-state index in [0.29, 0.717) is 0 Å². The third kappa shape index (κ3) is 2.93. The zero-order valence-corrected chi connectivity index (χ0v) is 12.4. The van der Waals surface area contributed by atoms with Crippen LogP contribution >= 0.6 is 0 Å². The summed E-state index contributed by atoms with van der Waals surface area (Å²) in [5, 5.41) is 10.7. The van der Waals surface area contributed by atoms with Gasteiger partial charge in [0.25, 0.3) is 0 Å². The molecule has 0 radical (unpaired) electrons. The van der Waals surface area contributed by atoms with Crippen LogP contribution in [0.4, 0.5) is 0 Å². The SMILES string of the molecule is CCC(CC)(C(O)Cc1ccccc1C)N(C)C. The van der Waals surface area contributed by atoms with E-state index in [4.69, 9.17) is 0 Å². The first-order chi connectivity index (χ1) is 8.47. The fourth-order valence-electron chi connectivity index (χ4n) is 2.89. The molecule has 1 aromatic rings. The number of aryl methyl sites for hydroxylation is 1. The van der Waals surface area contributed by atoms with Crippen LogP contribution in [0.2, 0.25) is 0 Å². The highest BCUT2D eigenvalue weighted by atomic mass is 16.3. The molecule has 102 valence electrons. The van der Waals surface area contributed by atoms with Crippen molar-refractivity contribution in [3.05, 3.63) is 35.4 Å². The number of rotatable bonds is 6. The molecule has 1 aromatic carbocycles. The zero-order chi connectivity index (χ0) is 13.8. The molecule has 1 rings (SSSR count). The zero-order valence-electron chi connectivity index (χ0n) is 12.4. The summed E-state index contributed by atoms with van der Waals surface area (Å²) in [4.78, 5) is 2.18. The first-order valence-electron chi connectivity index (χ1n) is 6.88. The molecule has 0 saturated carbocycles. The van der Waals surface area contributed by atoms with Gasteiger partial charge in [0.1, 0.15) is 0 Å². The van der Waals surface area contributed by atoms with Crippen LogP contribution in [0, 0.1) is 6.92 Å². The number of nitrogens with zero attached hydrogens (tertiary/aromatic N) is 1. The second kappa shape index (κ2) is 6.35. The van der Waals surface area contributed by atoms with Crippen molar-refractivity contribution in [3.63, 3.8) is 0 Å². The topological polar surface area (TPSA) is 23.5 Å². The minimum Gasteiger partial charge on any atom is -0.391 e. The fourth-order valence-corrected chi connectivity index (χ4v) is 2.89. The number of hydrogen-bond acceptors (Lipinski definition) is 2. The van der Waals surface area contributed by atoms with Crippen LogP contribution in [-0.4, -0.2) is 35.7 Å². The standard InChI is InChI=1S/C16H27NO/c1-6-16(7-2,17(4)5)15(18)12-14-11-9-8-10-13(14)3/h8-11,15,18H,6-7,12H2,1-5H3. The molecule has 0 aliphatic rings. The molecule has 0 bridgehead atoms. The second-order valence-electron chi connectivity index (χ2n) is 5.35. The largest absolute Gasteiger partial charge is 0.391 e. The maximum Gasteiger partial charge on any atom is 0.0763 e. The molecule has 0 aromatic heterocycles. The van der Waals surface area contributed by atoms with Crippen molar-refractivity contribution in [2.24, 2.45) is 0 Å². The molecule has 0 spiro atoms. The van der Waals surface area contributed by atoms with Crippen LogP contribution in [0.1, 0.15) is 37.8 Å². The highest BCUT2D eigenvalue weighted by Gasteiger charge is 2.36. The first-order valence-corrected chi connectivity index (χ1v) is 6.88. The monoisotopic (exact) mass is 249 g/mol. The van der Waals surface area contributed by atoms with Crippen LogP contribution in [0.15, 0.2) is 24.3 Å². The van der Waals surface area contributed by atoms with E-state index in [1.54, 1.807) is 0 Å². The average Bonchev–Trinajstić information content (AvgIpc) is 2.34. The summed E-state index contributed by atoms with van der Waals surface area (Å²) in [6.45, 7) is 6.42. The van der Waals surface area contributed by atoms with E-state index in [0.717, 1.165) is 19.3 Å². The lowest BCUT2D eigenvalue weighted by molar-refractivity contribution is -0.0126. The molecule has 2 heteroatoms. The summed E-state index contributed by atoms with van der Waals surface area (Å²) in [6, 6.07) is 8.32. The lowest BCUT2D eigenvalue weighted by Gasteiger charge is -2.42. The van der Waals surface area contributed by atoms with Crippen molar-refractivity contribution in [3.8, 4) is 0 Å². The third-order valence-electron chi connectivity index (χ3n) is 4.41. The second-order valence-corrected chi connectivity index (χ2v) is 5.35. The van der Waals surface area contributed by atoms with Gasteiger partial charge in [0.2, 0.25) is 0 Å². The molecule has 2 nitrogen and oxygen atoms in total. The molecular weight excluding hydrogens is 222 g/mol. The van der Waals surface area contributed by atoms with E-state index < -0.39 is 0 Å². The highest BCUT2D eigenvalue weighted by Crippen LogP contribution is 2.28. The van der Waals surface area contributed by atoms with Gasteiger partial charge in [0.15, 0.2) is 0 Å². The third-order valence-corrected chi connectivity index (χ3v) is 4.41. The molecule has 0 saturated heterocycles. The fraction of sp³-hybridized carbons (Fsp3) is 0.625. The minimum atomic E-state index is -0.330. The van der Waals surface area contributed by atoms with Crippen molar-refractivity contribution < 1.29 is 5.11 Å². The Balaban J connectivity index is 2.92. The summed E-state index contributed by atoms with van der Waals surface area (Å²) < 4.78 is 0. The molecule has 1 atom stereocenters. The molecule has 1 unspecified atom stereocenters. The number of hydrogen-bond donors (Lipinski definition) is 1. The Bertz CT molecular complexity index is 369. The Labute approximate surface area is 112 Å². The van der Waals surface area contributed by atoms with E-state index >= 15 is 0 Å². The molecule has 0 amide bonds. The van der Waals surface area contributed by atoms with E-state index in [-0.39, 0.29) is 11.6 Å². The van der Waals surface area contributed by atoms with Gasteiger partial charge in [0.05, 0.1) is 6.10 Å². The number of benzene rings is 1. The molecule has 18 heavy (non-hydrogen) atoms. The summed E-state index contributed by atoms with van der Waals surface area (Å²) in [5.41, 5.74) is 2.39. The van der Waals surface area contributed by atoms with Gasteiger partial charge in [-0.25, -0.2) is 0 Å². The van der Waals surface area contributed by atoms with E-state index in [1.807, 2.05) is 12.1 Å². The molecule has 1 N–H and O–H groups in total. The van der Waals surface area contributed by atoms with Crippen molar-refractivity contribution in [1.82, 2.24) is 4.90 Å². The number of likely N-dealkylation sites (N-methyl/N-ethyl adjacent to an activating group) is 1. The lowest BCUT2D eigenvalue weighted by Crippen LogP contribution is -2.53. The van der Waals surface area contributed by atoms with E-state index in [9.17, 15) is 5.11 Å². The molecule has 0 heterocycles. The Hall–Kier alpha value is -0.860. The molecule has 0 fully saturated rings. The Morgan fingerprint density at radius 2 is 1.72 bits per heavy atom. The average molecular weight is 249 g/mol. The van der Waals surface area contributed by atoms with Crippen LogP contribution in [0.3, 0.4) is 0 Å². The maximum absolute atomic E-state index is 10.7. The Morgan fingerprint density at radius 1 is 1.17 bits per heavy atom. The van der Waals surface area contributed by atoms with Crippen molar-refractivity contribution >= 4 is 0 Å². The van der Waals surface area contributed by atoms with Gasteiger partial charge in [-0.15, -0.1) is 0 Å². The lowest BCUT2D eigenvalue weighted by atomic mass is 9.81. The van der Waals surface area contributed by atoms with Crippen LogP contribution < -0.4 is 0 Å². The Kier molecular flexibility index (Phi) is 5.36. The summed E-state index contributed by atoms with van der Waals surface area (Å²) in [7, 11) is 4.13. The summed E-state index contributed by atoms with van der Waals surface area (Å²) in [6.07, 6.45) is 2.32. The predicted molar refractivity (Wildman–Crippen MR) is 77.9 cm³/mol. The van der Waals surface area contributed by atoms with Gasteiger partial charge in [-0.2, -0.15) is 0 Å². The number of aliphatic hydroxyl groups is 1. The van der Waals surface area contributed by atoms with E-state index in [1.165, 1.54) is 11.1 Å².